The highest BCUT2D eigenvalue weighted by molar-refractivity contribution is 8.13. The van der Waals surface area contributed by atoms with Gasteiger partial charge in [0.2, 0.25) is 0 Å². The lowest BCUT2D eigenvalue weighted by Crippen LogP contribution is -1.88. The van der Waals surface area contributed by atoms with Crippen LogP contribution >= 0.6 is 11.8 Å². The van der Waals surface area contributed by atoms with E-state index in [9.17, 15) is 0 Å². The van der Waals surface area contributed by atoms with Crippen LogP contribution in [-0.4, -0.2) is 22.8 Å². The van der Waals surface area contributed by atoms with E-state index >= 15 is 0 Å². The molecular weight excluding hydrogens is 114 g/mol. The molecule has 0 aromatic rings. The highest BCUT2D eigenvalue weighted by atomic mass is 32.2. The first-order chi connectivity index (χ1) is 3.43. The van der Waals surface area contributed by atoms with Gasteiger partial charge in [-0.3, -0.25) is 0 Å². The van der Waals surface area contributed by atoms with Gasteiger partial charge in [0.05, 0.1) is 6.54 Å². The summed E-state index contributed by atoms with van der Waals surface area (Å²) in [5.41, 5.74) is 0. The zero-order valence-electron chi connectivity index (χ0n) is 3.63. The Bertz CT molecular complexity index is 92.9. The van der Waals surface area contributed by atoms with Gasteiger partial charge in [0, 0.05) is 5.75 Å². The van der Waals surface area contributed by atoms with Crippen LogP contribution in [-0.2, 0) is 4.89 Å². The van der Waals surface area contributed by atoms with Crippen LogP contribution in [0.5, 0.6) is 0 Å². The van der Waals surface area contributed by atoms with Crippen LogP contribution in [0.25, 0.3) is 0 Å². The Balaban J connectivity index is 2.36. The Labute approximate surface area is 45.3 Å². The van der Waals surface area contributed by atoms with Gasteiger partial charge in [-0.2, -0.15) is 0 Å². The molecule has 3 nitrogen and oxygen atoms in total. The van der Waals surface area contributed by atoms with Crippen LogP contribution in [0.3, 0.4) is 0 Å². The fourth-order valence-corrected chi connectivity index (χ4v) is 0.963. The van der Waals surface area contributed by atoms with Crippen molar-refractivity contribution in [2.75, 3.05) is 12.3 Å². The highest BCUT2D eigenvalue weighted by Crippen LogP contribution is 2.10. The number of hydrogen-bond acceptors (Lipinski definition) is 4. The minimum atomic E-state index is 0.389. The summed E-state index contributed by atoms with van der Waals surface area (Å²) >= 11 is 1.42. The lowest BCUT2D eigenvalue weighted by atomic mass is 10.8. The fraction of sp³-hybridized carbons (Fsp3) is 0.667. The van der Waals surface area contributed by atoms with E-state index < -0.39 is 0 Å². The minimum Gasteiger partial charge on any atom is -0.312 e. The summed E-state index contributed by atoms with van der Waals surface area (Å²) in [6, 6.07) is 0. The zero-order chi connectivity index (χ0) is 5.11. The van der Waals surface area contributed by atoms with Crippen LogP contribution in [0, 0.1) is 0 Å². The van der Waals surface area contributed by atoms with Gasteiger partial charge in [-0.05, 0) is 0 Å². The van der Waals surface area contributed by atoms with Gasteiger partial charge in [0.25, 0.3) is 5.23 Å². The van der Waals surface area contributed by atoms with Gasteiger partial charge in [-0.1, -0.05) is 11.8 Å². The van der Waals surface area contributed by atoms with Crippen LogP contribution < -0.4 is 0 Å². The van der Waals surface area contributed by atoms with Crippen molar-refractivity contribution in [3.8, 4) is 0 Å². The van der Waals surface area contributed by atoms with Crippen molar-refractivity contribution >= 4 is 17.0 Å². The Morgan fingerprint density at radius 1 is 1.86 bits per heavy atom. The molecule has 7 heavy (non-hydrogen) atoms. The molecule has 40 valence electrons. The van der Waals surface area contributed by atoms with Crippen molar-refractivity contribution in [3.05, 3.63) is 0 Å². The normalized spacial score (nSPS) is 19.3. The minimum absolute atomic E-state index is 0.389. The van der Waals surface area contributed by atoms with Crippen molar-refractivity contribution in [2.24, 2.45) is 4.99 Å². The van der Waals surface area contributed by atoms with Crippen molar-refractivity contribution in [1.29, 1.82) is 0 Å². The van der Waals surface area contributed by atoms with Crippen LogP contribution in [0.4, 0.5) is 0 Å². The molecule has 0 spiro atoms. The fourth-order valence-electron chi connectivity index (χ4n) is 0.371. The molecule has 0 saturated carbocycles. The number of hydrogen-bond donors (Lipinski definition) is 1. The molecule has 0 unspecified atom stereocenters. The molecule has 0 bridgehead atoms. The molecule has 0 radical (unpaired) electrons. The number of aliphatic imine (C=N–C) groups is 1. The maximum atomic E-state index is 7.91. The summed E-state index contributed by atoms with van der Waals surface area (Å²) in [6.07, 6.45) is 0. The van der Waals surface area contributed by atoms with Crippen LogP contribution in [0.2, 0.25) is 0 Å². The second kappa shape index (κ2) is 2.18. The van der Waals surface area contributed by atoms with Crippen molar-refractivity contribution in [3.63, 3.8) is 0 Å². The predicted octanol–water partition coefficient (Wildman–Crippen LogP) is 0.579. The Morgan fingerprint density at radius 2 is 2.71 bits per heavy atom. The average molecular weight is 119 g/mol. The SMILES string of the molecule is OOC1=NCCS1. The Hall–Kier alpha value is -0.220. The molecule has 0 saturated heterocycles. The number of thioether (sulfide) groups is 1. The molecule has 0 aliphatic carbocycles. The van der Waals surface area contributed by atoms with E-state index in [1.807, 2.05) is 0 Å². The number of nitrogens with zero attached hydrogens (tertiary/aromatic N) is 1. The second-order valence-electron chi connectivity index (χ2n) is 1.09. The standard InChI is InChI=1S/C3H5NO2S/c5-6-3-4-1-2-7-3/h5H,1-2H2. The molecule has 1 aliphatic rings. The molecule has 1 heterocycles. The van der Waals surface area contributed by atoms with Crippen molar-refractivity contribution in [2.45, 2.75) is 0 Å². The van der Waals surface area contributed by atoms with E-state index in [0.29, 0.717) is 5.23 Å². The van der Waals surface area contributed by atoms with Gasteiger partial charge in [-0.15, -0.1) is 0 Å². The number of rotatable bonds is 0. The van der Waals surface area contributed by atoms with Gasteiger partial charge in [0.15, 0.2) is 0 Å². The summed E-state index contributed by atoms with van der Waals surface area (Å²) in [5, 5.41) is 8.30. The predicted molar refractivity (Wildman–Crippen MR) is 28.5 cm³/mol. The first-order valence-corrected chi connectivity index (χ1v) is 2.90. The lowest BCUT2D eigenvalue weighted by Gasteiger charge is -1.86. The quantitative estimate of drug-likeness (QED) is 0.374. The summed E-state index contributed by atoms with van der Waals surface area (Å²) < 4.78 is 0. The van der Waals surface area contributed by atoms with E-state index in [1.54, 1.807) is 0 Å². The van der Waals surface area contributed by atoms with E-state index in [0.717, 1.165) is 12.3 Å². The molecule has 0 aromatic carbocycles. The first kappa shape index (κ1) is 4.93. The zero-order valence-corrected chi connectivity index (χ0v) is 4.44. The molecule has 0 amide bonds. The van der Waals surface area contributed by atoms with Gasteiger partial charge >= 0.3 is 0 Å². The van der Waals surface area contributed by atoms with Gasteiger partial charge in [0.1, 0.15) is 0 Å². The topological polar surface area (TPSA) is 41.8 Å². The summed E-state index contributed by atoms with van der Waals surface area (Å²) in [5.74, 6) is 0.926. The van der Waals surface area contributed by atoms with E-state index in [1.165, 1.54) is 11.8 Å². The molecule has 0 fully saturated rings. The first-order valence-electron chi connectivity index (χ1n) is 1.92. The molecule has 1 N–H and O–H groups in total. The summed E-state index contributed by atoms with van der Waals surface area (Å²) in [6.45, 7) is 0.764. The van der Waals surface area contributed by atoms with Crippen molar-refractivity contribution < 1.29 is 10.1 Å². The average Bonchev–Trinajstić information content (AvgIpc) is 2.14. The second-order valence-corrected chi connectivity index (χ2v) is 2.13. The highest BCUT2D eigenvalue weighted by Gasteiger charge is 2.05. The van der Waals surface area contributed by atoms with Gasteiger partial charge < -0.3 is 4.89 Å². The van der Waals surface area contributed by atoms with Crippen molar-refractivity contribution in [1.82, 2.24) is 0 Å². The maximum absolute atomic E-state index is 7.91. The lowest BCUT2D eigenvalue weighted by molar-refractivity contribution is -0.150. The molecule has 0 atom stereocenters. The monoisotopic (exact) mass is 119 g/mol. The smallest absolute Gasteiger partial charge is 0.286 e. The Morgan fingerprint density at radius 3 is 3.00 bits per heavy atom. The molecule has 0 aromatic heterocycles. The third-order valence-corrected chi connectivity index (χ3v) is 1.47. The van der Waals surface area contributed by atoms with E-state index in [2.05, 4.69) is 9.88 Å². The van der Waals surface area contributed by atoms with Gasteiger partial charge in [-0.25, -0.2) is 10.2 Å². The third-order valence-electron chi connectivity index (χ3n) is 0.636. The van der Waals surface area contributed by atoms with Crippen LogP contribution in [0.15, 0.2) is 4.99 Å². The Kier molecular flexibility index (Phi) is 1.54. The summed E-state index contributed by atoms with van der Waals surface area (Å²) in [7, 11) is 0. The maximum Gasteiger partial charge on any atom is 0.286 e. The van der Waals surface area contributed by atoms with E-state index in [4.69, 9.17) is 5.26 Å². The molecule has 4 heteroatoms. The largest absolute Gasteiger partial charge is 0.312 e. The molecule has 1 rings (SSSR count). The molecular formula is C3H5NO2S. The molecule has 1 aliphatic heterocycles. The summed E-state index contributed by atoms with van der Waals surface area (Å²) in [4.78, 5) is 7.59. The van der Waals surface area contributed by atoms with Crippen LogP contribution in [0.1, 0.15) is 0 Å². The van der Waals surface area contributed by atoms with E-state index in [-0.39, 0.29) is 0 Å². The third kappa shape index (κ3) is 1.07.